The zero-order chi connectivity index (χ0) is 24.2. The van der Waals surface area contributed by atoms with Gasteiger partial charge < -0.3 is 26.0 Å². The van der Waals surface area contributed by atoms with Crippen molar-refractivity contribution in [2.45, 2.75) is 37.7 Å². The van der Waals surface area contributed by atoms with Crippen molar-refractivity contribution in [3.8, 4) is 0 Å². The molecule has 9 nitrogen and oxygen atoms in total. The number of aromatic nitrogens is 2. The summed E-state index contributed by atoms with van der Waals surface area (Å²) in [5, 5.41) is 13.3. The zero-order valence-corrected chi connectivity index (χ0v) is 20.9. The Hall–Kier alpha value is -2.56. The molecule has 3 atom stereocenters. The summed E-state index contributed by atoms with van der Waals surface area (Å²) < 4.78 is 0.958. The van der Waals surface area contributed by atoms with Gasteiger partial charge in [0.15, 0.2) is 0 Å². The molecule has 1 saturated heterocycles. The molecule has 1 aromatic carbocycles. The quantitative estimate of drug-likeness (QED) is 0.443. The van der Waals surface area contributed by atoms with Crippen LogP contribution in [0.1, 0.15) is 54.5 Å². The third-order valence-electron chi connectivity index (χ3n) is 6.65. The van der Waals surface area contributed by atoms with Gasteiger partial charge in [0.25, 0.3) is 0 Å². The van der Waals surface area contributed by atoms with Crippen molar-refractivity contribution in [2.24, 2.45) is 5.73 Å². The van der Waals surface area contributed by atoms with Gasteiger partial charge in [-0.2, -0.15) is 0 Å². The van der Waals surface area contributed by atoms with E-state index in [2.05, 4.69) is 43.0 Å². The second-order valence-electron chi connectivity index (χ2n) is 9.00. The molecule has 0 bridgehead atoms. The van der Waals surface area contributed by atoms with Crippen molar-refractivity contribution in [3.05, 3.63) is 51.9 Å². The molecule has 0 unspecified atom stereocenters. The third-order valence-corrected chi connectivity index (χ3v) is 7.18. The number of carbonyl (C=O) groups excluding carboxylic acids is 2. The first-order chi connectivity index (χ1) is 16.3. The monoisotopic (exact) mass is 530 g/mol. The fraction of sp³-hybridized carbons (Fsp3) is 0.500. The van der Waals surface area contributed by atoms with Crippen molar-refractivity contribution >= 4 is 33.6 Å². The molecule has 10 heteroatoms. The summed E-state index contributed by atoms with van der Waals surface area (Å²) in [6, 6.07) is 7.81. The Morgan fingerprint density at radius 1 is 1.21 bits per heavy atom. The largest absolute Gasteiger partial charge is 0.387 e. The standard InChI is InChI=1S/C24H31BrN6O3/c1-15-12-19(32)22-21(15)23(29-14-28-22)30-8-10-31(11-9-30)24(34)18(6-7-27-13-20(26)33)16-2-4-17(25)5-3-16/h2-5,14-15,18-19,27,32H,6-13H2,1H3,(H2,26,33)/t15-,18-,19-/m1/s1. The number of primary amides is 1. The molecule has 1 fully saturated rings. The number of hydrogen-bond acceptors (Lipinski definition) is 7. The first-order valence-corrected chi connectivity index (χ1v) is 12.5. The van der Waals surface area contributed by atoms with Crippen molar-refractivity contribution in [1.29, 1.82) is 0 Å². The van der Waals surface area contributed by atoms with Crippen LogP contribution in [0, 0.1) is 0 Å². The van der Waals surface area contributed by atoms with Crippen LogP contribution >= 0.6 is 15.9 Å². The lowest BCUT2D eigenvalue weighted by Crippen LogP contribution is -2.50. The molecule has 2 aliphatic rings. The Morgan fingerprint density at radius 3 is 2.59 bits per heavy atom. The van der Waals surface area contributed by atoms with Crippen LogP contribution in [0.4, 0.5) is 5.82 Å². The third kappa shape index (κ3) is 5.39. The number of fused-ring (bicyclic) bond motifs is 1. The lowest BCUT2D eigenvalue weighted by atomic mass is 9.93. The van der Waals surface area contributed by atoms with Crippen LogP contribution in [0.2, 0.25) is 0 Å². The number of nitrogens with two attached hydrogens (primary N) is 1. The minimum Gasteiger partial charge on any atom is -0.387 e. The Kier molecular flexibility index (Phi) is 7.80. The van der Waals surface area contributed by atoms with E-state index in [1.54, 1.807) is 0 Å². The number of anilines is 1. The normalized spacial score (nSPS) is 20.8. The van der Waals surface area contributed by atoms with Gasteiger partial charge in [0.1, 0.15) is 12.1 Å². The summed E-state index contributed by atoms with van der Waals surface area (Å²) in [5.41, 5.74) is 7.93. The number of benzene rings is 1. The van der Waals surface area contributed by atoms with Gasteiger partial charge in [0, 0.05) is 36.2 Å². The molecule has 0 saturated carbocycles. The van der Waals surface area contributed by atoms with Crippen molar-refractivity contribution in [1.82, 2.24) is 20.2 Å². The van der Waals surface area contributed by atoms with Gasteiger partial charge in [-0.15, -0.1) is 0 Å². The fourth-order valence-corrected chi connectivity index (χ4v) is 5.16. The number of nitrogens with zero attached hydrogens (tertiary/aromatic N) is 4. The van der Waals surface area contributed by atoms with Crippen molar-refractivity contribution in [3.63, 3.8) is 0 Å². The summed E-state index contributed by atoms with van der Waals surface area (Å²) in [4.78, 5) is 37.5. The maximum Gasteiger partial charge on any atom is 0.231 e. The van der Waals surface area contributed by atoms with Gasteiger partial charge in [-0.25, -0.2) is 9.97 Å². The molecule has 1 aliphatic carbocycles. The number of aliphatic hydroxyl groups is 1. The predicted octanol–water partition coefficient (Wildman–Crippen LogP) is 1.68. The highest BCUT2D eigenvalue weighted by Crippen LogP contribution is 2.42. The minimum absolute atomic E-state index is 0.0829. The van der Waals surface area contributed by atoms with E-state index in [1.165, 1.54) is 6.33 Å². The van der Waals surface area contributed by atoms with E-state index in [-0.39, 0.29) is 24.3 Å². The lowest BCUT2D eigenvalue weighted by molar-refractivity contribution is -0.133. The molecule has 0 radical (unpaired) electrons. The van der Waals surface area contributed by atoms with Gasteiger partial charge in [0.2, 0.25) is 11.8 Å². The average molecular weight is 531 g/mol. The number of amides is 2. The van der Waals surface area contributed by atoms with Crippen LogP contribution in [-0.2, 0) is 9.59 Å². The van der Waals surface area contributed by atoms with Gasteiger partial charge in [0.05, 0.1) is 24.3 Å². The first-order valence-electron chi connectivity index (χ1n) is 11.7. The van der Waals surface area contributed by atoms with Crippen LogP contribution in [-0.4, -0.2) is 71.1 Å². The van der Waals surface area contributed by atoms with E-state index in [4.69, 9.17) is 5.73 Å². The van der Waals surface area contributed by atoms with Crippen LogP contribution in [0.3, 0.4) is 0 Å². The highest BCUT2D eigenvalue weighted by atomic mass is 79.9. The number of rotatable bonds is 8. The Labute approximate surface area is 207 Å². The van der Waals surface area contributed by atoms with Gasteiger partial charge in [-0.1, -0.05) is 35.0 Å². The van der Waals surface area contributed by atoms with Crippen LogP contribution in [0.25, 0.3) is 0 Å². The summed E-state index contributed by atoms with van der Waals surface area (Å²) in [5.74, 6) is 0.440. The molecule has 2 aromatic rings. The van der Waals surface area contributed by atoms with E-state index in [9.17, 15) is 14.7 Å². The smallest absolute Gasteiger partial charge is 0.231 e. The second-order valence-corrected chi connectivity index (χ2v) is 9.91. The number of aliphatic hydroxyl groups excluding tert-OH is 1. The molecular weight excluding hydrogens is 500 g/mol. The summed E-state index contributed by atoms with van der Waals surface area (Å²) in [6.07, 6.45) is 2.22. The number of hydrogen-bond donors (Lipinski definition) is 3. The van der Waals surface area contributed by atoms with Crippen LogP contribution < -0.4 is 16.0 Å². The molecule has 34 heavy (non-hydrogen) atoms. The van der Waals surface area contributed by atoms with Crippen molar-refractivity contribution < 1.29 is 14.7 Å². The molecule has 2 heterocycles. The SMILES string of the molecule is C[C@@H]1C[C@@H](O)c2ncnc(N3CCN(C(=O)[C@H](CCNCC(N)=O)c4ccc(Br)cc4)CC3)c21. The highest BCUT2D eigenvalue weighted by molar-refractivity contribution is 9.10. The number of halogens is 1. The summed E-state index contributed by atoms with van der Waals surface area (Å²) in [7, 11) is 0. The molecule has 0 spiro atoms. The predicted molar refractivity (Wildman–Crippen MR) is 132 cm³/mol. The summed E-state index contributed by atoms with van der Waals surface area (Å²) in [6.45, 7) is 5.23. The maximum atomic E-state index is 13.6. The Morgan fingerprint density at radius 2 is 1.91 bits per heavy atom. The summed E-state index contributed by atoms with van der Waals surface area (Å²) >= 11 is 3.46. The molecular formula is C24H31BrN6O3. The Bertz CT molecular complexity index is 1030. The number of piperazine rings is 1. The van der Waals surface area contributed by atoms with E-state index < -0.39 is 12.0 Å². The molecule has 1 aliphatic heterocycles. The average Bonchev–Trinajstić information content (AvgIpc) is 3.13. The molecule has 2 amide bonds. The number of carbonyl (C=O) groups is 2. The van der Waals surface area contributed by atoms with E-state index in [0.717, 1.165) is 27.1 Å². The van der Waals surface area contributed by atoms with Gasteiger partial charge >= 0.3 is 0 Å². The van der Waals surface area contributed by atoms with Gasteiger partial charge in [-0.05, 0) is 43.0 Å². The molecule has 1 aromatic heterocycles. The number of nitrogens with one attached hydrogen (secondary N) is 1. The van der Waals surface area contributed by atoms with Crippen molar-refractivity contribution in [2.75, 3.05) is 44.2 Å². The fourth-order valence-electron chi connectivity index (χ4n) is 4.90. The Balaban J connectivity index is 1.44. The maximum absolute atomic E-state index is 13.6. The zero-order valence-electron chi connectivity index (χ0n) is 19.3. The van der Waals surface area contributed by atoms with Crippen LogP contribution in [0.15, 0.2) is 35.1 Å². The second kappa shape index (κ2) is 10.8. The van der Waals surface area contributed by atoms with E-state index in [1.807, 2.05) is 29.2 Å². The molecule has 182 valence electrons. The topological polar surface area (TPSA) is 125 Å². The molecule has 4 N–H and O–H groups in total. The minimum atomic E-state index is -0.538. The van der Waals surface area contributed by atoms with E-state index >= 15 is 0 Å². The molecule has 4 rings (SSSR count). The van der Waals surface area contributed by atoms with Gasteiger partial charge in [-0.3, -0.25) is 9.59 Å². The first kappa shape index (κ1) is 24.6. The lowest BCUT2D eigenvalue weighted by Gasteiger charge is -2.38. The van der Waals surface area contributed by atoms with Crippen LogP contribution in [0.5, 0.6) is 0 Å². The van der Waals surface area contributed by atoms with E-state index in [0.29, 0.717) is 45.6 Å². The highest BCUT2D eigenvalue weighted by Gasteiger charge is 2.35.